The van der Waals surface area contributed by atoms with Crippen LogP contribution in [0.3, 0.4) is 0 Å². The summed E-state index contributed by atoms with van der Waals surface area (Å²) in [5, 5.41) is 6.95. The molecule has 1 saturated carbocycles. The van der Waals surface area contributed by atoms with E-state index in [0.29, 0.717) is 25.2 Å². The number of hydrogen-bond acceptors (Lipinski definition) is 6. The maximum absolute atomic E-state index is 14.4. The van der Waals surface area contributed by atoms with E-state index in [0.717, 1.165) is 48.8 Å². The number of fused-ring (bicyclic) bond motifs is 2. The van der Waals surface area contributed by atoms with Gasteiger partial charge in [-0.2, -0.15) is 0 Å². The van der Waals surface area contributed by atoms with E-state index < -0.39 is 12.1 Å². The number of benzene rings is 1. The monoisotopic (exact) mass is 553 g/mol. The highest BCUT2D eigenvalue weighted by atomic mass is 19.1. The standard InChI is InChI=1S/C30H40FN5O4/c1-4-40-26(37)17-35-16-23(22-15-33-24-14-20(31)10-11-21(22)24)28-25(35)12-13-36(28)30(39)27(19-8-6-5-7-9-19)34-29(38)18(2)32-3/h10-12,14-15,18-19,23,27-28,32-33H,4-9,13,16-17H2,1-3H3,(H,34,38). The van der Waals surface area contributed by atoms with Gasteiger partial charge in [0.25, 0.3) is 0 Å². The van der Waals surface area contributed by atoms with E-state index in [-0.39, 0.29) is 48.0 Å². The van der Waals surface area contributed by atoms with Crippen LogP contribution >= 0.6 is 0 Å². The van der Waals surface area contributed by atoms with Gasteiger partial charge in [-0.25, -0.2) is 4.39 Å². The minimum atomic E-state index is -0.617. The van der Waals surface area contributed by atoms with Crippen molar-refractivity contribution in [3.63, 3.8) is 0 Å². The molecular weight excluding hydrogens is 513 g/mol. The minimum absolute atomic E-state index is 0.0739. The Morgan fingerprint density at radius 2 is 1.98 bits per heavy atom. The molecule has 5 rings (SSSR count). The number of aromatic amines is 1. The number of aromatic nitrogens is 1. The fourth-order valence-electron chi connectivity index (χ4n) is 6.65. The van der Waals surface area contributed by atoms with Gasteiger partial charge < -0.3 is 30.2 Å². The topological polar surface area (TPSA) is 107 Å². The predicted molar refractivity (Wildman–Crippen MR) is 150 cm³/mol. The first-order valence-electron chi connectivity index (χ1n) is 14.5. The van der Waals surface area contributed by atoms with Gasteiger partial charge in [-0.1, -0.05) is 19.3 Å². The minimum Gasteiger partial charge on any atom is -0.465 e. The summed E-state index contributed by atoms with van der Waals surface area (Å²) in [6.07, 6.45) is 8.93. The van der Waals surface area contributed by atoms with Gasteiger partial charge in [-0.3, -0.25) is 14.4 Å². The van der Waals surface area contributed by atoms with Crippen LogP contribution in [0, 0.1) is 11.7 Å². The molecule has 3 aliphatic rings. The largest absolute Gasteiger partial charge is 0.465 e. The third kappa shape index (κ3) is 5.46. The lowest BCUT2D eigenvalue weighted by atomic mass is 9.82. The number of H-pyrrole nitrogens is 1. The van der Waals surface area contributed by atoms with Crippen LogP contribution in [0.1, 0.15) is 57.4 Å². The molecule has 0 spiro atoms. The van der Waals surface area contributed by atoms with Crippen molar-refractivity contribution in [2.24, 2.45) is 5.92 Å². The average Bonchev–Trinajstić information content (AvgIpc) is 3.66. The Bertz CT molecular complexity index is 1290. The SMILES string of the molecule is CCOC(=O)CN1CC(c2c[nH]c3cc(F)ccc23)C2C1=CCN2C(=O)C(NC(=O)C(C)NC)C1CCCCC1. The zero-order valence-electron chi connectivity index (χ0n) is 23.5. The Hall–Kier alpha value is -3.40. The summed E-state index contributed by atoms with van der Waals surface area (Å²) < 4.78 is 19.2. The van der Waals surface area contributed by atoms with Gasteiger partial charge in [0.15, 0.2) is 0 Å². The Kier molecular flexibility index (Phi) is 8.44. The molecule has 2 amide bonds. The van der Waals surface area contributed by atoms with Gasteiger partial charge in [0.05, 0.1) is 18.7 Å². The van der Waals surface area contributed by atoms with Gasteiger partial charge >= 0.3 is 5.97 Å². The molecule has 1 aromatic carbocycles. The summed E-state index contributed by atoms with van der Waals surface area (Å²) in [6.45, 7) is 4.86. The second-order valence-corrected chi connectivity index (χ2v) is 11.2. The Morgan fingerprint density at radius 3 is 2.70 bits per heavy atom. The number of amides is 2. The molecule has 4 atom stereocenters. The molecule has 9 nitrogen and oxygen atoms in total. The number of ether oxygens (including phenoxy) is 1. The van der Waals surface area contributed by atoms with Crippen LogP contribution in [0.5, 0.6) is 0 Å². The lowest BCUT2D eigenvalue weighted by Gasteiger charge is -2.36. The van der Waals surface area contributed by atoms with Gasteiger partial charge in [-0.15, -0.1) is 0 Å². The van der Waals surface area contributed by atoms with E-state index in [1.807, 2.05) is 22.1 Å². The molecule has 4 unspecified atom stereocenters. The zero-order valence-corrected chi connectivity index (χ0v) is 23.5. The molecular formula is C30H40FN5O4. The van der Waals surface area contributed by atoms with Crippen molar-refractivity contribution in [1.29, 1.82) is 0 Å². The molecule has 3 heterocycles. The van der Waals surface area contributed by atoms with Crippen molar-refractivity contribution in [3.05, 3.63) is 47.5 Å². The van der Waals surface area contributed by atoms with Crippen LogP contribution < -0.4 is 10.6 Å². The molecule has 2 aliphatic heterocycles. The van der Waals surface area contributed by atoms with E-state index in [1.165, 1.54) is 12.1 Å². The predicted octanol–water partition coefficient (Wildman–Crippen LogP) is 3.04. The summed E-state index contributed by atoms with van der Waals surface area (Å²) in [5.41, 5.74) is 2.58. The summed E-state index contributed by atoms with van der Waals surface area (Å²) in [4.78, 5) is 46.9. The van der Waals surface area contributed by atoms with Crippen molar-refractivity contribution in [2.45, 2.75) is 70.0 Å². The number of rotatable bonds is 9. The molecule has 40 heavy (non-hydrogen) atoms. The Morgan fingerprint density at radius 1 is 1.20 bits per heavy atom. The summed E-state index contributed by atoms with van der Waals surface area (Å²) in [5.74, 6) is -0.994. The summed E-state index contributed by atoms with van der Waals surface area (Å²) in [6, 6.07) is 3.33. The van der Waals surface area contributed by atoms with E-state index in [4.69, 9.17) is 4.74 Å². The van der Waals surface area contributed by atoms with Gasteiger partial charge in [0, 0.05) is 41.8 Å². The number of carbonyl (C=O) groups is 3. The quantitative estimate of drug-likeness (QED) is 0.412. The molecule has 1 aromatic heterocycles. The molecule has 1 saturated heterocycles. The number of esters is 1. The Balaban J connectivity index is 1.48. The maximum Gasteiger partial charge on any atom is 0.325 e. The molecule has 0 radical (unpaired) electrons. The first-order chi connectivity index (χ1) is 19.3. The summed E-state index contributed by atoms with van der Waals surface area (Å²) in [7, 11) is 1.73. The van der Waals surface area contributed by atoms with Crippen LogP contribution in [0.25, 0.3) is 10.9 Å². The smallest absolute Gasteiger partial charge is 0.325 e. The van der Waals surface area contributed by atoms with Gasteiger partial charge in [-0.05, 0) is 69.5 Å². The maximum atomic E-state index is 14.4. The third-order valence-corrected chi connectivity index (χ3v) is 8.79. The number of nitrogens with one attached hydrogen (secondary N) is 3. The molecule has 1 aliphatic carbocycles. The second kappa shape index (κ2) is 12.0. The normalized spacial score (nSPS) is 22.6. The van der Waals surface area contributed by atoms with Crippen molar-refractivity contribution >= 4 is 28.7 Å². The molecule has 2 aromatic rings. The second-order valence-electron chi connectivity index (χ2n) is 11.2. The molecule has 0 bridgehead atoms. The average molecular weight is 554 g/mol. The number of likely N-dealkylation sites (N-methyl/N-ethyl adjacent to an activating group) is 1. The molecule has 3 N–H and O–H groups in total. The van der Waals surface area contributed by atoms with Crippen LogP contribution in [0.15, 0.2) is 36.2 Å². The fraction of sp³-hybridized carbons (Fsp3) is 0.567. The van der Waals surface area contributed by atoms with E-state index in [9.17, 15) is 18.8 Å². The van der Waals surface area contributed by atoms with E-state index in [2.05, 4.69) is 15.6 Å². The van der Waals surface area contributed by atoms with Crippen LogP contribution in [-0.2, 0) is 19.1 Å². The van der Waals surface area contributed by atoms with Crippen molar-refractivity contribution in [3.8, 4) is 0 Å². The highest BCUT2D eigenvalue weighted by Crippen LogP contribution is 2.44. The van der Waals surface area contributed by atoms with E-state index in [1.54, 1.807) is 27.0 Å². The van der Waals surface area contributed by atoms with Crippen molar-refractivity contribution in [2.75, 3.05) is 33.3 Å². The van der Waals surface area contributed by atoms with Crippen molar-refractivity contribution < 1.29 is 23.5 Å². The summed E-state index contributed by atoms with van der Waals surface area (Å²) >= 11 is 0. The molecule has 216 valence electrons. The first-order valence-corrected chi connectivity index (χ1v) is 14.5. The lowest BCUT2D eigenvalue weighted by Crippen LogP contribution is -2.57. The highest BCUT2D eigenvalue weighted by Gasteiger charge is 2.49. The number of halogens is 1. The van der Waals surface area contributed by atoms with E-state index >= 15 is 0 Å². The van der Waals surface area contributed by atoms with Gasteiger partial charge in [0.1, 0.15) is 18.4 Å². The highest BCUT2D eigenvalue weighted by molar-refractivity contribution is 5.91. The molecule has 2 fully saturated rings. The molecule has 10 heteroatoms. The third-order valence-electron chi connectivity index (χ3n) is 8.79. The van der Waals surface area contributed by atoms with Crippen LogP contribution in [0.2, 0.25) is 0 Å². The Labute approximate surface area is 234 Å². The number of likely N-dealkylation sites (tertiary alicyclic amines) is 1. The van der Waals surface area contributed by atoms with Crippen LogP contribution in [0.4, 0.5) is 4.39 Å². The number of hydrogen-bond donors (Lipinski definition) is 3. The first kappa shape index (κ1) is 28.1. The zero-order chi connectivity index (χ0) is 28.4. The number of carbonyl (C=O) groups excluding carboxylic acids is 3. The number of nitrogens with zero attached hydrogens (tertiary/aromatic N) is 2. The fourth-order valence-corrected chi connectivity index (χ4v) is 6.65. The van der Waals surface area contributed by atoms with Gasteiger partial charge in [0.2, 0.25) is 11.8 Å². The lowest BCUT2D eigenvalue weighted by molar-refractivity contribution is -0.143. The van der Waals surface area contributed by atoms with Crippen molar-refractivity contribution in [1.82, 2.24) is 25.4 Å². The van der Waals surface area contributed by atoms with Crippen LogP contribution in [-0.4, -0.2) is 84.0 Å².